The molecule has 0 bridgehead atoms. The second-order valence-corrected chi connectivity index (χ2v) is 8.08. The lowest BCUT2D eigenvalue weighted by molar-refractivity contribution is -0.118. The average molecular weight is 341 g/mol. The number of nitrogens with zero attached hydrogens (tertiary/aromatic N) is 2. The molecule has 1 atom stereocenters. The van der Waals surface area contributed by atoms with Gasteiger partial charge in [0, 0.05) is 12.6 Å². The highest BCUT2D eigenvalue weighted by atomic mass is 32.2. The Labute approximate surface area is 136 Å². The minimum absolute atomic E-state index is 0.134. The van der Waals surface area contributed by atoms with Gasteiger partial charge in [-0.15, -0.1) is 0 Å². The van der Waals surface area contributed by atoms with E-state index in [-0.39, 0.29) is 18.6 Å². The summed E-state index contributed by atoms with van der Waals surface area (Å²) in [7, 11) is -3.75. The number of nitrogens with two attached hydrogens (primary N) is 1. The minimum Gasteiger partial charge on any atom is -0.468 e. The Morgan fingerprint density at radius 1 is 1.30 bits per heavy atom. The maximum atomic E-state index is 13.2. The molecule has 8 heteroatoms. The molecule has 128 valence electrons. The van der Waals surface area contributed by atoms with Crippen LogP contribution in [-0.2, 0) is 15.0 Å². The van der Waals surface area contributed by atoms with Gasteiger partial charge in [0.15, 0.2) is 0 Å². The average Bonchev–Trinajstić information content (AvgIpc) is 3.24. The summed E-state index contributed by atoms with van der Waals surface area (Å²) in [6.45, 7) is 0.185. The monoisotopic (exact) mass is 341 g/mol. The first kappa shape index (κ1) is 16.5. The van der Waals surface area contributed by atoms with Crippen molar-refractivity contribution >= 4 is 16.1 Å². The van der Waals surface area contributed by atoms with Crippen molar-refractivity contribution in [3.05, 3.63) is 24.2 Å². The van der Waals surface area contributed by atoms with E-state index in [1.807, 2.05) is 0 Å². The van der Waals surface area contributed by atoms with Gasteiger partial charge in [0.1, 0.15) is 5.76 Å². The number of hydrogen-bond donors (Lipinski definition) is 1. The lowest BCUT2D eigenvalue weighted by atomic mass is 10.2. The number of rotatable bonds is 6. The summed E-state index contributed by atoms with van der Waals surface area (Å²) in [6.07, 6.45) is 6.59. The summed E-state index contributed by atoms with van der Waals surface area (Å²) < 4.78 is 34.5. The van der Waals surface area contributed by atoms with Gasteiger partial charge in [0.25, 0.3) is 10.2 Å². The zero-order chi connectivity index (χ0) is 16.4. The Morgan fingerprint density at radius 2 is 2.04 bits per heavy atom. The van der Waals surface area contributed by atoms with Gasteiger partial charge in [-0.05, 0) is 37.8 Å². The van der Waals surface area contributed by atoms with Crippen LogP contribution in [0.15, 0.2) is 22.8 Å². The third kappa shape index (κ3) is 3.29. The molecule has 7 nitrogen and oxygen atoms in total. The summed E-state index contributed by atoms with van der Waals surface area (Å²) in [6, 6.07) is 3.13. The van der Waals surface area contributed by atoms with Gasteiger partial charge in [-0.1, -0.05) is 12.8 Å². The molecular weight excluding hydrogens is 318 g/mol. The van der Waals surface area contributed by atoms with E-state index in [1.165, 1.54) is 8.61 Å². The molecule has 1 aliphatic heterocycles. The molecule has 23 heavy (non-hydrogen) atoms. The maximum Gasteiger partial charge on any atom is 0.283 e. The number of primary amides is 1. The molecule has 1 aliphatic carbocycles. The zero-order valence-corrected chi connectivity index (χ0v) is 13.9. The van der Waals surface area contributed by atoms with E-state index in [1.54, 1.807) is 18.4 Å². The van der Waals surface area contributed by atoms with Crippen LogP contribution in [0.4, 0.5) is 0 Å². The first-order valence-electron chi connectivity index (χ1n) is 8.10. The van der Waals surface area contributed by atoms with Crippen molar-refractivity contribution < 1.29 is 17.6 Å². The lowest BCUT2D eigenvalue weighted by Gasteiger charge is -2.33. The van der Waals surface area contributed by atoms with Gasteiger partial charge in [-0.3, -0.25) is 4.79 Å². The third-order valence-electron chi connectivity index (χ3n) is 4.71. The van der Waals surface area contributed by atoms with E-state index in [0.717, 1.165) is 38.5 Å². The molecule has 0 unspecified atom stereocenters. The quantitative estimate of drug-likeness (QED) is 0.845. The fourth-order valence-electron chi connectivity index (χ4n) is 3.66. The van der Waals surface area contributed by atoms with E-state index in [2.05, 4.69) is 0 Å². The fourth-order valence-corrected chi connectivity index (χ4v) is 5.70. The highest BCUT2D eigenvalue weighted by Gasteiger charge is 2.43. The van der Waals surface area contributed by atoms with Crippen molar-refractivity contribution in [1.29, 1.82) is 0 Å². The molecule has 2 heterocycles. The Hall–Kier alpha value is -1.38. The van der Waals surface area contributed by atoms with Crippen LogP contribution in [-0.4, -0.2) is 42.1 Å². The van der Waals surface area contributed by atoms with Crippen molar-refractivity contribution in [1.82, 2.24) is 8.61 Å². The molecule has 1 aromatic heterocycles. The van der Waals surface area contributed by atoms with Crippen molar-refractivity contribution in [3.63, 3.8) is 0 Å². The molecule has 2 N–H and O–H groups in total. The van der Waals surface area contributed by atoms with Crippen LogP contribution >= 0.6 is 0 Å². The summed E-state index contributed by atoms with van der Waals surface area (Å²) >= 11 is 0. The highest BCUT2D eigenvalue weighted by molar-refractivity contribution is 7.86. The zero-order valence-electron chi connectivity index (χ0n) is 13.1. The Kier molecular flexibility index (Phi) is 4.74. The van der Waals surface area contributed by atoms with Crippen LogP contribution in [0.2, 0.25) is 0 Å². The van der Waals surface area contributed by atoms with Crippen molar-refractivity contribution in [2.24, 2.45) is 5.73 Å². The molecule has 1 aromatic rings. The van der Waals surface area contributed by atoms with Gasteiger partial charge in [0.2, 0.25) is 5.91 Å². The summed E-state index contributed by atoms with van der Waals surface area (Å²) in [5, 5.41) is 0. The lowest BCUT2D eigenvalue weighted by Crippen LogP contribution is -2.50. The van der Waals surface area contributed by atoms with Crippen molar-refractivity contribution in [3.8, 4) is 0 Å². The molecule has 2 aliphatic rings. The molecule has 1 saturated carbocycles. The molecule has 3 rings (SSSR count). The van der Waals surface area contributed by atoms with Gasteiger partial charge < -0.3 is 10.2 Å². The second kappa shape index (κ2) is 6.62. The van der Waals surface area contributed by atoms with E-state index < -0.39 is 16.1 Å². The van der Waals surface area contributed by atoms with E-state index >= 15 is 0 Å². The Balaban J connectivity index is 1.88. The van der Waals surface area contributed by atoms with E-state index in [0.29, 0.717) is 12.3 Å². The second-order valence-electron chi connectivity index (χ2n) is 6.24. The van der Waals surface area contributed by atoms with Crippen LogP contribution in [0.5, 0.6) is 0 Å². The Bertz CT molecular complexity index is 638. The van der Waals surface area contributed by atoms with Crippen molar-refractivity contribution in [2.75, 3.05) is 13.1 Å². The topological polar surface area (TPSA) is 96.8 Å². The molecule has 0 aromatic carbocycles. The highest BCUT2D eigenvalue weighted by Crippen LogP contribution is 2.37. The van der Waals surface area contributed by atoms with Crippen LogP contribution < -0.4 is 5.73 Å². The number of carbonyl (C=O) groups excluding carboxylic acids is 1. The summed E-state index contributed by atoms with van der Waals surface area (Å²) in [5.74, 6) is 0.0331. The molecule has 1 amide bonds. The first-order chi connectivity index (χ1) is 11.0. The van der Waals surface area contributed by atoms with Gasteiger partial charge in [-0.2, -0.15) is 17.0 Å². The summed E-state index contributed by atoms with van der Waals surface area (Å²) in [5.41, 5.74) is 5.30. The SMILES string of the molecule is NC(=O)CN(C1CCCC1)S(=O)(=O)N1CCC[C@H]1c1ccco1. The van der Waals surface area contributed by atoms with Crippen LogP contribution in [0.25, 0.3) is 0 Å². The minimum atomic E-state index is -3.75. The fraction of sp³-hybridized carbons (Fsp3) is 0.667. The largest absolute Gasteiger partial charge is 0.468 e. The maximum absolute atomic E-state index is 13.2. The van der Waals surface area contributed by atoms with Gasteiger partial charge in [0.05, 0.1) is 18.8 Å². The first-order valence-corrected chi connectivity index (χ1v) is 9.50. The van der Waals surface area contributed by atoms with E-state index in [4.69, 9.17) is 10.2 Å². The molecular formula is C15H23N3O4S. The van der Waals surface area contributed by atoms with Gasteiger partial charge in [-0.25, -0.2) is 0 Å². The van der Waals surface area contributed by atoms with Crippen LogP contribution in [0, 0.1) is 0 Å². The third-order valence-corrected chi connectivity index (χ3v) is 6.76. The molecule has 0 radical (unpaired) electrons. The molecule has 0 spiro atoms. The molecule has 1 saturated heterocycles. The smallest absolute Gasteiger partial charge is 0.283 e. The van der Waals surface area contributed by atoms with Crippen LogP contribution in [0.1, 0.15) is 50.3 Å². The standard InChI is InChI=1S/C15H23N3O4S/c16-15(19)11-18(12-5-1-2-6-12)23(20,21)17-9-3-7-13(17)14-8-4-10-22-14/h4,8,10,12-13H,1-3,5-7,9,11H2,(H2,16,19)/t13-/m0/s1. The molecule has 2 fully saturated rings. The number of hydrogen-bond acceptors (Lipinski definition) is 4. The predicted molar refractivity (Wildman–Crippen MR) is 84.5 cm³/mol. The van der Waals surface area contributed by atoms with Gasteiger partial charge >= 0.3 is 0 Å². The van der Waals surface area contributed by atoms with E-state index in [9.17, 15) is 13.2 Å². The Morgan fingerprint density at radius 3 is 2.65 bits per heavy atom. The number of amides is 1. The predicted octanol–water partition coefficient (Wildman–Crippen LogP) is 1.39. The van der Waals surface area contributed by atoms with Crippen LogP contribution in [0.3, 0.4) is 0 Å². The summed E-state index contributed by atoms with van der Waals surface area (Å²) in [4.78, 5) is 11.4. The number of furan rings is 1. The normalized spacial score (nSPS) is 23.8. The number of carbonyl (C=O) groups is 1. The van der Waals surface area contributed by atoms with Crippen molar-refractivity contribution in [2.45, 2.75) is 50.6 Å².